The van der Waals surface area contributed by atoms with Gasteiger partial charge in [-0.3, -0.25) is 4.79 Å². The van der Waals surface area contributed by atoms with Crippen LogP contribution in [0.25, 0.3) is 23.1 Å². The topological polar surface area (TPSA) is 82.3 Å². The number of nitrogens with zero attached hydrogens (tertiary/aromatic N) is 1. The zero-order valence-corrected chi connectivity index (χ0v) is 20.8. The summed E-state index contributed by atoms with van der Waals surface area (Å²) in [7, 11) is 0. The summed E-state index contributed by atoms with van der Waals surface area (Å²) in [5, 5.41) is 0.571. The van der Waals surface area contributed by atoms with E-state index < -0.39 is 23.6 Å². The van der Waals surface area contributed by atoms with Crippen LogP contribution >= 0.6 is 15.9 Å². The Morgan fingerprint density at radius 3 is 2.43 bits per heavy atom. The highest BCUT2D eigenvalue weighted by molar-refractivity contribution is 9.10. The second-order valence-corrected chi connectivity index (χ2v) is 9.08. The summed E-state index contributed by atoms with van der Waals surface area (Å²) >= 11 is 3.40. The van der Waals surface area contributed by atoms with Crippen molar-refractivity contribution in [1.82, 2.24) is 4.98 Å². The van der Waals surface area contributed by atoms with E-state index in [0.29, 0.717) is 34.1 Å². The first-order valence-corrected chi connectivity index (χ1v) is 11.9. The molecule has 4 aromatic rings. The van der Waals surface area contributed by atoms with Crippen LogP contribution in [0.1, 0.15) is 43.1 Å². The molecule has 0 unspecified atom stereocenters. The molecule has 0 bridgehead atoms. The summed E-state index contributed by atoms with van der Waals surface area (Å²) in [6.07, 6.45) is -0.958. The van der Waals surface area contributed by atoms with Crippen molar-refractivity contribution < 1.29 is 27.5 Å². The molecule has 3 aromatic carbocycles. The van der Waals surface area contributed by atoms with Crippen LogP contribution in [-0.2, 0) is 17.3 Å². The van der Waals surface area contributed by atoms with Crippen LogP contribution in [0.15, 0.2) is 77.3 Å². The molecule has 9 heteroatoms. The van der Waals surface area contributed by atoms with Crippen LogP contribution in [0.4, 0.5) is 13.2 Å². The summed E-state index contributed by atoms with van der Waals surface area (Å²) in [4.78, 5) is 28.7. The number of amides is 1. The number of benzene rings is 3. The molecule has 0 spiro atoms. The molecular weight excluding hydrogens is 549 g/mol. The lowest BCUT2D eigenvalue weighted by Crippen LogP contribution is -2.11. The van der Waals surface area contributed by atoms with Crippen molar-refractivity contribution in [1.29, 1.82) is 0 Å². The third-order valence-electron chi connectivity index (χ3n) is 5.53. The van der Waals surface area contributed by atoms with E-state index in [1.165, 1.54) is 12.1 Å². The number of ether oxygens (including phenoxy) is 1. The number of primary amides is 1. The Morgan fingerprint density at radius 1 is 0.973 bits per heavy atom. The molecule has 1 aromatic heterocycles. The van der Waals surface area contributed by atoms with E-state index in [-0.39, 0.29) is 12.2 Å². The molecule has 0 saturated heterocycles. The normalized spacial score (nSPS) is 11.7. The monoisotopic (exact) mass is 568 g/mol. The van der Waals surface area contributed by atoms with Crippen LogP contribution in [-0.4, -0.2) is 23.5 Å². The standard InChI is InChI=1S/C28H20BrF3N2O3/c29-21-9-11-25-23(15-21)24(27(36)37-13-12-17-4-7-19(8-5-17)26(33)35)16-22(34-25)10-6-18-2-1-3-20(14-18)28(30,31)32/h1-11,14-16H,12-13H2,(H2,33,35)/b10-6+. The average Bonchev–Trinajstić information content (AvgIpc) is 2.87. The number of hydrogen-bond acceptors (Lipinski definition) is 4. The quantitative estimate of drug-likeness (QED) is 0.252. The molecule has 188 valence electrons. The van der Waals surface area contributed by atoms with Gasteiger partial charge in [-0.25, -0.2) is 9.78 Å². The number of alkyl halides is 3. The van der Waals surface area contributed by atoms with Gasteiger partial charge in [-0.05, 0) is 65.7 Å². The molecule has 1 amide bonds. The van der Waals surface area contributed by atoms with Crippen LogP contribution in [0.2, 0.25) is 0 Å². The molecule has 37 heavy (non-hydrogen) atoms. The van der Waals surface area contributed by atoms with Gasteiger partial charge in [0.05, 0.1) is 28.9 Å². The van der Waals surface area contributed by atoms with Gasteiger partial charge in [-0.2, -0.15) is 13.2 Å². The number of esters is 1. The van der Waals surface area contributed by atoms with Crippen LogP contribution in [0.5, 0.6) is 0 Å². The molecule has 2 N–H and O–H groups in total. The summed E-state index contributed by atoms with van der Waals surface area (Å²) in [6.45, 7) is 0.0992. The van der Waals surface area contributed by atoms with Gasteiger partial charge in [0.2, 0.25) is 5.91 Å². The van der Waals surface area contributed by atoms with E-state index in [2.05, 4.69) is 20.9 Å². The largest absolute Gasteiger partial charge is 0.462 e. The number of carbonyl (C=O) groups is 2. The highest BCUT2D eigenvalue weighted by Gasteiger charge is 2.30. The molecule has 4 rings (SSSR count). The second kappa shape index (κ2) is 11.0. The molecule has 0 fully saturated rings. The van der Waals surface area contributed by atoms with Crippen molar-refractivity contribution >= 4 is 50.9 Å². The van der Waals surface area contributed by atoms with Crippen molar-refractivity contribution in [3.8, 4) is 0 Å². The van der Waals surface area contributed by atoms with Crippen molar-refractivity contribution in [2.75, 3.05) is 6.61 Å². The Kier molecular flexibility index (Phi) is 7.73. The van der Waals surface area contributed by atoms with Gasteiger partial charge >= 0.3 is 12.1 Å². The van der Waals surface area contributed by atoms with Gasteiger partial charge in [0.15, 0.2) is 0 Å². The Balaban J connectivity index is 1.56. The molecule has 0 radical (unpaired) electrons. The Bertz CT molecular complexity index is 1500. The maximum Gasteiger partial charge on any atom is 0.416 e. The van der Waals surface area contributed by atoms with E-state index in [4.69, 9.17) is 10.5 Å². The first-order chi connectivity index (χ1) is 17.6. The fourth-order valence-corrected chi connectivity index (χ4v) is 4.01. The number of nitrogens with two attached hydrogens (primary N) is 1. The van der Waals surface area contributed by atoms with Crippen molar-refractivity contribution in [2.24, 2.45) is 5.73 Å². The third kappa shape index (κ3) is 6.62. The molecule has 0 aliphatic rings. The van der Waals surface area contributed by atoms with Crippen molar-refractivity contribution in [3.05, 3.63) is 111 Å². The van der Waals surface area contributed by atoms with Crippen LogP contribution in [0, 0.1) is 0 Å². The van der Waals surface area contributed by atoms with Gasteiger partial charge in [0.1, 0.15) is 0 Å². The minimum atomic E-state index is -4.45. The fourth-order valence-electron chi connectivity index (χ4n) is 3.65. The molecule has 0 saturated carbocycles. The summed E-state index contributed by atoms with van der Waals surface area (Å²) in [6, 6.07) is 18.4. The lowest BCUT2D eigenvalue weighted by Gasteiger charge is -2.10. The number of carbonyl (C=O) groups excluding carboxylic acids is 2. The van der Waals surface area contributed by atoms with Gasteiger partial charge in [-0.15, -0.1) is 0 Å². The maximum absolute atomic E-state index is 13.0. The van der Waals surface area contributed by atoms with Crippen LogP contribution in [0.3, 0.4) is 0 Å². The average molecular weight is 569 g/mol. The van der Waals surface area contributed by atoms with E-state index >= 15 is 0 Å². The number of halogens is 4. The molecule has 5 nitrogen and oxygen atoms in total. The fraction of sp³-hybridized carbons (Fsp3) is 0.107. The molecule has 0 atom stereocenters. The smallest absolute Gasteiger partial charge is 0.416 e. The summed E-state index contributed by atoms with van der Waals surface area (Å²) in [5.74, 6) is -1.08. The lowest BCUT2D eigenvalue weighted by molar-refractivity contribution is -0.137. The third-order valence-corrected chi connectivity index (χ3v) is 6.03. The van der Waals surface area contributed by atoms with Crippen molar-refractivity contribution in [3.63, 3.8) is 0 Å². The highest BCUT2D eigenvalue weighted by atomic mass is 79.9. The Labute approximate surface area is 218 Å². The first kappa shape index (κ1) is 26.1. The number of rotatable bonds is 7. The summed E-state index contributed by atoms with van der Waals surface area (Å²) in [5.41, 5.74) is 7.30. The lowest BCUT2D eigenvalue weighted by atomic mass is 10.1. The van der Waals surface area contributed by atoms with E-state index in [1.807, 2.05) is 0 Å². The predicted molar refractivity (Wildman–Crippen MR) is 139 cm³/mol. The number of hydrogen-bond donors (Lipinski definition) is 1. The Morgan fingerprint density at radius 2 is 1.73 bits per heavy atom. The molecular formula is C28H20BrF3N2O3. The SMILES string of the molecule is NC(=O)c1ccc(CCOC(=O)c2cc(/C=C/c3cccc(C(F)(F)F)c3)nc3ccc(Br)cc23)cc1. The van der Waals surface area contributed by atoms with E-state index in [0.717, 1.165) is 22.2 Å². The first-order valence-electron chi connectivity index (χ1n) is 11.1. The zero-order chi connectivity index (χ0) is 26.6. The molecule has 0 aliphatic heterocycles. The van der Waals surface area contributed by atoms with Gasteiger partial charge < -0.3 is 10.5 Å². The predicted octanol–water partition coefficient (Wildman–Crippen LogP) is 6.68. The minimum absolute atomic E-state index is 0.0992. The Hall–Kier alpha value is -3.98. The van der Waals surface area contributed by atoms with Crippen molar-refractivity contribution in [2.45, 2.75) is 12.6 Å². The maximum atomic E-state index is 13.0. The van der Waals surface area contributed by atoms with Gasteiger partial charge in [-0.1, -0.05) is 46.3 Å². The van der Waals surface area contributed by atoms with E-state index in [1.54, 1.807) is 60.7 Å². The summed E-state index contributed by atoms with van der Waals surface area (Å²) < 4.78 is 45.3. The molecule has 1 heterocycles. The van der Waals surface area contributed by atoms with E-state index in [9.17, 15) is 22.8 Å². The highest BCUT2D eigenvalue weighted by Crippen LogP contribution is 2.30. The zero-order valence-electron chi connectivity index (χ0n) is 19.3. The second-order valence-electron chi connectivity index (χ2n) is 8.16. The van der Waals surface area contributed by atoms with Gasteiger partial charge in [0, 0.05) is 21.8 Å². The molecule has 0 aliphatic carbocycles. The number of pyridine rings is 1. The van der Waals surface area contributed by atoms with Gasteiger partial charge in [0.25, 0.3) is 0 Å². The number of aromatic nitrogens is 1. The number of fused-ring (bicyclic) bond motifs is 1. The van der Waals surface area contributed by atoms with Crippen LogP contribution < -0.4 is 5.73 Å². The minimum Gasteiger partial charge on any atom is -0.462 e.